The highest BCUT2D eigenvalue weighted by Gasteiger charge is 2.24. The first-order valence-electron chi connectivity index (χ1n) is 14.8. The number of nitrogens with zero attached hydrogens (tertiary/aromatic N) is 1. The second kappa shape index (κ2) is 24.7. The summed E-state index contributed by atoms with van der Waals surface area (Å²) in [7, 11) is -4.11. The van der Waals surface area contributed by atoms with Crippen LogP contribution in [0.15, 0.2) is 17.1 Å². The Hall–Kier alpha value is -0.340. The van der Waals surface area contributed by atoms with Gasteiger partial charge in [-0.3, -0.25) is 9.05 Å². The summed E-state index contributed by atoms with van der Waals surface area (Å²) in [5, 5.41) is 1.93. The van der Waals surface area contributed by atoms with E-state index in [1.54, 1.807) is 11.3 Å². The van der Waals surface area contributed by atoms with Crippen molar-refractivity contribution in [2.24, 2.45) is 0 Å². The molecule has 0 spiro atoms. The maximum absolute atomic E-state index is 12.1. The Bertz CT molecular complexity index is 649. The average molecular weight is 565 g/mol. The summed E-state index contributed by atoms with van der Waals surface area (Å²) in [6.07, 6.45) is 23.1. The molecule has 0 aliphatic carbocycles. The van der Waals surface area contributed by atoms with Gasteiger partial charge in [0.15, 0.2) is 12.7 Å². The van der Waals surface area contributed by atoms with Crippen LogP contribution in [0.5, 0.6) is 0 Å². The van der Waals surface area contributed by atoms with Crippen LogP contribution in [0, 0.1) is 0 Å². The molecule has 218 valence electrons. The summed E-state index contributed by atoms with van der Waals surface area (Å²) in [4.78, 5) is 9.90. The van der Waals surface area contributed by atoms with E-state index in [0.717, 1.165) is 6.42 Å². The number of rotatable bonds is 28. The third kappa shape index (κ3) is 22.2. The summed E-state index contributed by atoms with van der Waals surface area (Å²) in [6.45, 7) is 6.23. The molecule has 0 aliphatic heterocycles. The first-order chi connectivity index (χ1) is 18.1. The molecule has 9 heteroatoms. The van der Waals surface area contributed by atoms with Crippen LogP contribution in [-0.4, -0.2) is 44.0 Å². The second-order valence-corrected chi connectivity index (χ2v) is 12.0. The van der Waals surface area contributed by atoms with Gasteiger partial charge in [0, 0.05) is 13.2 Å². The van der Waals surface area contributed by atoms with Gasteiger partial charge in [0.25, 0.3) is 0 Å². The number of phosphoric ester groups is 1. The molecule has 1 heterocycles. The van der Waals surface area contributed by atoms with Crippen molar-refractivity contribution in [2.45, 2.75) is 129 Å². The number of ether oxygens (including phenoxy) is 2. The lowest BCUT2D eigenvalue weighted by Gasteiger charge is -2.19. The summed E-state index contributed by atoms with van der Waals surface area (Å²) in [5.74, 6) is 0. The van der Waals surface area contributed by atoms with Crippen molar-refractivity contribution in [1.82, 2.24) is 0 Å². The Morgan fingerprint density at radius 3 is 1.86 bits per heavy atom. The van der Waals surface area contributed by atoms with E-state index < -0.39 is 7.82 Å². The highest BCUT2D eigenvalue weighted by Crippen LogP contribution is 2.43. The van der Waals surface area contributed by atoms with Gasteiger partial charge in [-0.2, -0.15) is 4.57 Å². The zero-order valence-electron chi connectivity index (χ0n) is 23.7. The number of hydrogen-bond donors (Lipinski definition) is 1. The van der Waals surface area contributed by atoms with Crippen molar-refractivity contribution in [3.05, 3.63) is 17.1 Å². The quantitative estimate of drug-likeness (QED) is 0.0634. The summed E-state index contributed by atoms with van der Waals surface area (Å²) in [6, 6.07) is 0. The fraction of sp³-hybridized carbons (Fsp3) is 0.893. The standard InChI is InChI=1S/C28H54NO6PS/c1-3-5-6-7-8-9-10-11-12-13-14-15-16-17-18-19-22-32-25-28(33-4-2)26-35-36(30,31)34-23-20-29-21-24-37-27-29/h21,24,27-28H,3-20,22-23,25-26H2,1-2H3/p+1/t28-/m1/s1. The maximum Gasteiger partial charge on any atom is 0.472 e. The lowest BCUT2D eigenvalue weighted by Crippen LogP contribution is -2.32. The number of hydrogen-bond acceptors (Lipinski definition) is 6. The molecular formula is C28H55NO6PS+. The molecular weight excluding hydrogens is 509 g/mol. The Kier molecular flexibility index (Phi) is 23.1. The van der Waals surface area contributed by atoms with Gasteiger partial charge in [0.05, 0.1) is 18.6 Å². The smallest absolute Gasteiger partial charge is 0.379 e. The van der Waals surface area contributed by atoms with Crippen molar-refractivity contribution in [1.29, 1.82) is 0 Å². The SMILES string of the molecule is CCCCCCCCCCCCCCCCCCOC[C@H](COP(=O)(O)OCC[n+]1ccsc1)OCC. The van der Waals surface area contributed by atoms with Gasteiger partial charge in [-0.25, -0.2) is 4.57 Å². The van der Waals surface area contributed by atoms with Gasteiger partial charge in [0.1, 0.15) is 12.7 Å². The number of thiazole rings is 1. The molecule has 1 rings (SSSR count). The van der Waals surface area contributed by atoms with Gasteiger partial charge in [-0.05, 0) is 13.3 Å². The van der Waals surface area contributed by atoms with E-state index in [2.05, 4.69) is 6.92 Å². The van der Waals surface area contributed by atoms with Gasteiger partial charge in [-0.15, -0.1) is 0 Å². The predicted molar refractivity (Wildman–Crippen MR) is 152 cm³/mol. The molecule has 0 saturated heterocycles. The highest BCUT2D eigenvalue weighted by atomic mass is 32.1. The normalized spacial score (nSPS) is 14.1. The molecule has 0 aliphatic rings. The highest BCUT2D eigenvalue weighted by molar-refractivity contribution is 7.47. The minimum Gasteiger partial charge on any atom is -0.379 e. The van der Waals surface area contributed by atoms with Crippen molar-refractivity contribution in [3.63, 3.8) is 0 Å². The van der Waals surface area contributed by atoms with Gasteiger partial charge < -0.3 is 14.4 Å². The second-order valence-electron chi connectivity index (χ2n) is 9.82. The molecule has 2 atom stereocenters. The third-order valence-electron chi connectivity index (χ3n) is 6.40. The van der Waals surface area contributed by atoms with E-state index in [1.807, 2.05) is 28.6 Å². The van der Waals surface area contributed by atoms with Crippen molar-refractivity contribution < 1.29 is 32.5 Å². The Morgan fingerprint density at radius 1 is 0.784 bits per heavy atom. The van der Waals surface area contributed by atoms with Crippen LogP contribution in [0.3, 0.4) is 0 Å². The molecule has 0 amide bonds. The van der Waals surface area contributed by atoms with E-state index in [4.69, 9.17) is 18.5 Å². The number of phosphoric acid groups is 1. The predicted octanol–water partition coefficient (Wildman–Crippen LogP) is 7.85. The zero-order valence-corrected chi connectivity index (χ0v) is 25.4. The van der Waals surface area contributed by atoms with E-state index in [-0.39, 0.29) is 19.3 Å². The van der Waals surface area contributed by atoms with E-state index in [9.17, 15) is 9.46 Å². The molecule has 0 fully saturated rings. The maximum atomic E-state index is 12.1. The molecule has 0 bridgehead atoms. The molecule has 0 saturated carbocycles. The lowest BCUT2D eigenvalue weighted by molar-refractivity contribution is -0.693. The van der Waals surface area contributed by atoms with Crippen LogP contribution in [-0.2, 0) is 29.6 Å². The first-order valence-corrected chi connectivity index (χ1v) is 17.2. The van der Waals surface area contributed by atoms with Gasteiger partial charge in [-0.1, -0.05) is 115 Å². The monoisotopic (exact) mass is 564 g/mol. The largest absolute Gasteiger partial charge is 0.472 e. The zero-order chi connectivity index (χ0) is 26.9. The number of aromatic nitrogens is 1. The van der Waals surface area contributed by atoms with E-state index in [0.29, 0.717) is 26.4 Å². The molecule has 1 aromatic rings. The number of unbranched alkanes of at least 4 members (excludes halogenated alkanes) is 15. The van der Waals surface area contributed by atoms with Crippen LogP contribution in [0.4, 0.5) is 0 Å². The topological polar surface area (TPSA) is 78.1 Å². The molecule has 1 N–H and O–H groups in total. The summed E-state index contributed by atoms with van der Waals surface area (Å²) >= 11 is 1.55. The summed E-state index contributed by atoms with van der Waals surface area (Å²) < 4.78 is 35.5. The third-order valence-corrected chi connectivity index (χ3v) is 8.06. The van der Waals surface area contributed by atoms with Crippen LogP contribution < -0.4 is 4.57 Å². The summed E-state index contributed by atoms with van der Waals surface area (Å²) in [5.41, 5.74) is 1.91. The molecule has 1 unspecified atom stereocenters. The van der Waals surface area contributed by atoms with Crippen LogP contribution >= 0.6 is 19.2 Å². The Balaban J connectivity index is 1.92. The minimum atomic E-state index is -4.11. The van der Waals surface area contributed by atoms with Crippen LogP contribution in [0.25, 0.3) is 0 Å². The first kappa shape index (κ1) is 34.7. The molecule has 0 aromatic carbocycles. The lowest BCUT2D eigenvalue weighted by atomic mass is 10.0. The van der Waals surface area contributed by atoms with Gasteiger partial charge >= 0.3 is 7.82 Å². The average Bonchev–Trinajstić information content (AvgIpc) is 3.40. The molecule has 7 nitrogen and oxygen atoms in total. The minimum absolute atomic E-state index is 0.0355. The fourth-order valence-electron chi connectivity index (χ4n) is 4.21. The van der Waals surface area contributed by atoms with Crippen molar-refractivity contribution in [2.75, 3.05) is 33.0 Å². The molecule has 1 aromatic heterocycles. The molecule has 0 radical (unpaired) electrons. The van der Waals surface area contributed by atoms with Gasteiger partial charge in [0.2, 0.25) is 5.51 Å². The van der Waals surface area contributed by atoms with Crippen molar-refractivity contribution in [3.8, 4) is 0 Å². The van der Waals surface area contributed by atoms with E-state index in [1.165, 1.54) is 96.3 Å². The van der Waals surface area contributed by atoms with Crippen LogP contribution in [0.1, 0.15) is 117 Å². The van der Waals surface area contributed by atoms with Crippen molar-refractivity contribution >= 4 is 19.2 Å². The fourth-order valence-corrected chi connectivity index (χ4v) is 5.58. The van der Waals surface area contributed by atoms with E-state index >= 15 is 0 Å². The Morgan fingerprint density at radius 2 is 1.35 bits per heavy atom. The Labute approximate surface area is 230 Å². The molecule has 37 heavy (non-hydrogen) atoms. The van der Waals surface area contributed by atoms with Crippen LogP contribution in [0.2, 0.25) is 0 Å².